The van der Waals surface area contributed by atoms with Crippen LogP contribution in [0.4, 0.5) is 5.82 Å². The van der Waals surface area contributed by atoms with Crippen LogP contribution in [-0.2, 0) is 0 Å². The highest BCUT2D eigenvalue weighted by molar-refractivity contribution is 5.75. The molecule has 4 heteroatoms. The second-order valence-corrected chi connectivity index (χ2v) is 3.87. The van der Waals surface area contributed by atoms with Gasteiger partial charge in [0.05, 0.1) is 17.2 Å². The molecule has 1 aromatic heterocycles. The van der Waals surface area contributed by atoms with E-state index in [1.165, 1.54) is 0 Å². The Morgan fingerprint density at radius 2 is 2.06 bits per heavy atom. The molecule has 0 saturated carbocycles. The van der Waals surface area contributed by atoms with E-state index in [9.17, 15) is 0 Å². The minimum atomic E-state index is 0.320. The lowest BCUT2D eigenvalue weighted by Crippen LogP contribution is -2.20. The van der Waals surface area contributed by atoms with Gasteiger partial charge >= 0.3 is 0 Å². The van der Waals surface area contributed by atoms with Gasteiger partial charge in [-0.15, -0.1) is 0 Å². The van der Waals surface area contributed by atoms with Crippen molar-refractivity contribution in [1.29, 1.82) is 0 Å². The van der Waals surface area contributed by atoms with Crippen molar-refractivity contribution >= 4 is 16.9 Å². The first kappa shape index (κ1) is 10.8. The third-order valence-corrected chi connectivity index (χ3v) is 2.44. The van der Waals surface area contributed by atoms with Gasteiger partial charge in [0.2, 0.25) is 0 Å². The Kier molecular flexibility index (Phi) is 3.31. The van der Waals surface area contributed by atoms with Crippen molar-refractivity contribution in [2.24, 2.45) is 5.73 Å². The number of hydrogen-bond acceptors (Lipinski definition) is 4. The molecule has 3 N–H and O–H groups in total. The molecular formula is C12H16N4. The summed E-state index contributed by atoms with van der Waals surface area (Å²) in [5.74, 6) is 0.805. The molecule has 1 atom stereocenters. The SMILES string of the molecule is CC(CCN)Nc1cnc2ccccc2n1. The maximum Gasteiger partial charge on any atom is 0.145 e. The molecule has 0 amide bonds. The smallest absolute Gasteiger partial charge is 0.145 e. The predicted octanol–water partition coefficient (Wildman–Crippen LogP) is 1.78. The van der Waals surface area contributed by atoms with Crippen molar-refractivity contribution in [3.8, 4) is 0 Å². The second-order valence-electron chi connectivity index (χ2n) is 3.87. The topological polar surface area (TPSA) is 63.8 Å². The number of benzene rings is 1. The number of anilines is 1. The maximum atomic E-state index is 5.50. The first-order valence-corrected chi connectivity index (χ1v) is 5.48. The number of nitrogens with zero attached hydrogens (tertiary/aromatic N) is 2. The molecule has 16 heavy (non-hydrogen) atoms. The molecule has 0 saturated heterocycles. The van der Waals surface area contributed by atoms with Gasteiger partial charge in [-0.25, -0.2) is 4.98 Å². The van der Waals surface area contributed by atoms with Gasteiger partial charge < -0.3 is 11.1 Å². The summed E-state index contributed by atoms with van der Waals surface area (Å²) in [7, 11) is 0. The molecule has 0 aliphatic carbocycles. The molecule has 2 rings (SSSR count). The monoisotopic (exact) mass is 216 g/mol. The fraction of sp³-hybridized carbons (Fsp3) is 0.333. The molecule has 0 radical (unpaired) electrons. The molecule has 1 aromatic carbocycles. The summed E-state index contributed by atoms with van der Waals surface area (Å²) in [6.45, 7) is 2.76. The largest absolute Gasteiger partial charge is 0.366 e. The number of fused-ring (bicyclic) bond motifs is 1. The van der Waals surface area contributed by atoms with Crippen LogP contribution in [0, 0.1) is 0 Å². The average molecular weight is 216 g/mol. The first-order valence-electron chi connectivity index (χ1n) is 5.48. The standard InChI is InChI=1S/C12H16N4/c1-9(6-7-13)15-12-8-14-10-4-2-3-5-11(10)16-12/h2-5,8-9H,6-7,13H2,1H3,(H,15,16). The van der Waals surface area contributed by atoms with Crippen LogP contribution in [0.2, 0.25) is 0 Å². The summed E-state index contributed by atoms with van der Waals surface area (Å²) in [6, 6.07) is 8.15. The summed E-state index contributed by atoms with van der Waals surface area (Å²) in [5.41, 5.74) is 7.32. The van der Waals surface area contributed by atoms with E-state index >= 15 is 0 Å². The van der Waals surface area contributed by atoms with E-state index in [2.05, 4.69) is 22.2 Å². The van der Waals surface area contributed by atoms with Crippen molar-refractivity contribution in [3.05, 3.63) is 30.5 Å². The van der Waals surface area contributed by atoms with Gasteiger partial charge in [-0.2, -0.15) is 0 Å². The van der Waals surface area contributed by atoms with Crippen LogP contribution in [-0.4, -0.2) is 22.6 Å². The highest BCUT2D eigenvalue weighted by Gasteiger charge is 2.03. The van der Waals surface area contributed by atoms with Crippen molar-refractivity contribution in [3.63, 3.8) is 0 Å². The van der Waals surface area contributed by atoms with E-state index in [0.29, 0.717) is 12.6 Å². The second kappa shape index (κ2) is 4.90. The van der Waals surface area contributed by atoms with Gasteiger partial charge in [0, 0.05) is 6.04 Å². The van der Waals surface area contributed by atoms with Crippen molar-refractivity contribution < 1.29 is 0 Å². The van der Waals surface area contributed by atoms with Gasteiger partial charge in [0.25, 0.3) is 0 Å². The Balaban J connectivity index is 2.19. The predicted molar refractivity (Wildman–Crippen MR) is 66.3 cm³/mol. The average Bonchev–Trinajstić information content (AvgIpc) is 2.29. The van der Waals surface area contributed by atoms with Gasteiger partial charge in [-0.1, -0.05) is 12.1 Å². The van der Waals surface area contributed by atoms with Crippen LogP contribution < -0.4 is 11.1 Å². The minimum Gasteiger partial charge on any atom is -0.366 e. The van der Waals surface area contributed by atoms with Crippen molar-refractivity contribution in [2.45, 2.75) is 19.4 Å². The number of aromatic nitrogens is 2. The highest BCUT2D eigenvalue weighted by Crippen LogP contribution is 2.12. The van der Waals surface area contributed by atoms with Crippen LogP contribution in [0.3, 0.4) is 0 Å². The molecule has 0 aliphatic heterocycles. The summed E-state index contributed by atoms with van der Waals surface area (Å²) in [5, 5.41) is 3.28. The lowest BCUT2D eigenvalue weighted by atomic mass is 10.2. The van der Waals surface area contributed by atoms with Crippen LogP contribution in [0.5, 0.6) is 0 Å². The van der Waals surface area contributed by atoms with Crippen LogP contribution in [0.1, 0.15) is 13.3 Å². The van der Waals surface area contributed by atoms with Gasteiger partial charge in [-0.3, -0.25) is 4.98 Å². The Morgan fingerprint density at radius 3 is 2.81 bits per heavy atom. The Hall–Kier alpha value is -1.68. The summed E-state index contributed by atoms with van der Waals surface area (Å²) < 4.78 is 0. The lowest BCUT2D eigenvalue weighted by Gasteiger charge is -2.13. The number of nitrogens with two attached hydrogens (primary N) is 1. The number of rotatable bonds is 4. The molecule has 84 valence electrons. The summed E-state index contributed by atoms with van der Waals surface area (Å²) in [6.07, 6.45) is 2.68. The van der Waals surface area contributed by atoms with Crippen LogP contribution >= 0.6 is 0 Å². The molecule has 1 unspecified atom stereocenters. The molecule has 0 spiro atoms. The zero-order valence-electron chi connectivity index (χ0n) is 9.35. The van der Waals surface area contributed by atoms with Gasteiger partial charge in [-0.05, 0) is 32.0 Å². The van der Waals surface area contributed by atoms with E-state index in [-0.39, 0.29) is 0 Å². The maximum absolute atomic E-state index is 5.50. The van der Waals surface area contributed by atoms with E-state index < -0.39 is 0 Å². The van der Waals surface area contributed by atoms with Crippen LogP contribution in [0.15, 0.2) is 30.5 Å². The Labute approximate surface area is 94.9 Å². The Bertz CT molecular complexity index is 469. The third-order valence-electron chi connectivity index (χ3n) is 2.44. The fourth-order valence-electron chi connectivity index (χ4n) is 1.60. The normalized spacial score (nSPS) is 12.6. The van der Waals surface area contributed by atoms with Gasteiger partial charge in [0.15, 0.2) is 0 Å². The highest BCUT2D eigenvalue weighted by atomic mass is 15.0. The number of nitrogens with one attached hydrogen (secondary N) is 1. The Morgan fingerprint density at radius 1 is 1.31 bits per heavy atom. The van der Waals surface area contributed by atoms with Gasteiger partial charge in [0.1, 0.15) is 5.82 Å². The zero-order valence-corrected chi connectivity index (χ0v) is 9.35. The van der Waals surface area contributed by atoms with E-state index in [4.69, 9.17) is 5.73 Å². The molecule has 0 fully saturated rings. The molecule has 2 aromatic rings. The lowest BCUT2D eigenvalue weighted by molar-refractivity contribution is 0.713. The van der Waals surface area contributed by atoms with E-state index in [1.54, 1.807) is 6.20 Å². The van der Waals surface area contributed by atoms with Crippen molar-refractivity contribution in [1.82, 2.24) is 9.97 Å². The third kappa shape index (κ3) is 2.46. The molecule has 1 heterocycles. The molecule has 4 nitrogen and oxygen atoms in total. The number of para-hydroxylation sites is 2. The summed E-state index contributed by atoms with van der Waals surface area (Å²) in [4.78, 5) is 8.82. The van der Waals surface area contributed by atoms with E-state index in [0.717, 1.165) is 23.3 Å². The van der Waals surface area contributed by atoms with E-state index in [1.807, 2.05) is 24.3 Å². The number of hydrogen-bond donors (Lipinski definition) is 2. The van der Waals surface area contributed by atoms with Crippen LogP contribution in [0.25, 0.3) is 11.0 Å². The molecule has 0 aliphatic rings. The fourth-order valence-corrected chi connectivity index (χ4v) is 1.60. The first-order chi connectivity index (χ1) is 7.79. The molecular weight excluding hydrogens is 200 g/mol. The minimum absolute atomic E-state index is 0.320. The van der Waals surface area contributed by atoms with Crippen molar-refractivity contribution in [2.75, 3.05) is 11.9 Å². The zero-order chi connectivity index (χ0) is 11.4. The summed E-state index contributed by atoms with van der Waals surface area (Å²) >= 11 is 0. The molecule has 0 bridgehead atoms. The quantitative estimate of drug-likeness (QED) is 0.817.